The molecule has 33 heavy (non-hydrogen) atoms. The summed E-state index contributed by atoms with van der Waals surface area (Å²) >= 11 is 0. The van der Waals surface area contributed by atoms with Gasteiger partial charge in [0.15, 0.2) is 17.3 Å². The molecule has 1 heterocycles. The highest BCUT2D eigenvalue weighted by Crippen LogP contribution is 2.41. The molecule has 0 aromatic heterocycles. The van der Waals surface area contributed by atoms with Crippen LogP contribution in [-0.2, 0) is 6.61 Å². The van der Waals surface area contributed by atoms with Gasteiger partial charge in [-0.1, -0.05) is 29.8 Å². The molecule has 0 radical (unpaired) electrons. The van der Waals surface area contributed by atoms with Crippen LogP contribution in [0.15, 0.2) is 54.3 Å². The number of hydrogen-bond acceptors (Lipinski definition) is 6. The van der Waals surface area contributed by atoms with E-state index < -0.39 is 0 Å². The number of hydrogen-bond donors (Lipinski definition) is 0. The number of ether oxygens (including phenoxy) is 5. The lowest BCUT2D eigenvalue weighted by Gasteiger charge is -2.13. The number of rotatable bonds is 7. The Hall–Kier alpha value is -3.93. The summed E-state index contributed by atoms with van der Waals surface area (Å²) in [5.41, 5.74) is 4.29. The average molecular weight is 446 g/mol. The van der Waals surface area contributed by atoms with Gasteiger partial charge in [0.05, 0.1) is 26.9 Å². The van der Waals surface area contributed by atoms with Crippen LogP contribution in [0.5, 0.6) is 28.7 Å². The number of ketones is 1. The lowest BCUT2D eigenvalue weighted by atomic mass is 10.0. The largest absolute Gasteiger partial charge is 0.493 e. The van der Waals surface area contributed by atoms with E-state index in [0.717, 1.165) is 11.1 Å². The van der Waals surface area contributed by atoms with Gasteiger partial charge >= 0.3 is 0 Å². The van der Waals surface area contributed by atoms with E-state index in [4.69, 9.17) is 23.7 Å². The summed E-state index contributed by atoms with van der Waals surface area (Å²) in [7, 11) is 4.63. The zero-order valence-electron chi connectivity index (χ0n) is 19.4. The van der Waals surface area contributed by atoms with E-state index in [2.05, 4.69) is 12.1 Å². The monoisotopic (exact) mass is 446 g/mol. The fraction of sp³-hybridized carbons (Fsp3) is 0.222. The first-order valence-electron chi connectivity index (χ1n) is 10.5. The van der Waals surface area contributed by atoms with E-state index in [0.29, 0.717) is 46.5 Å². The normalized spacial score (nSPS) is 13.5. The van der Waals surface area contributed by atoms with Crippen LogP contribution in [0.1, 0.15) is 32.6 Å². The number of methoxy groups -OCH3 is 3. The summed E-state index contributed by atoms with van der Waals surface area (Å²) in [5.74, 6) is 2.64. The van der Waals surface area contributed by atoms with Crippen LogP contribution >= 0.6 is 0 Å². The Balaban J connectivity index is 1.60. The van der Waals surface area contributed by atoms with Gasteiger partial charge in [0.25, 0.3) is 0 Å². The third kappa shape index (κ3) is 4.51. The van der Waals surface area contributed by atoms with Crippen molar-refractivity contribution < 1.29 is 28.5 Å². The second kappa shape index (κ2) is 9.28. The van der Waals surface area contributed by atoms with Crippen LogP contribution in [0.3, 0.4) is 0 Å². The smallest absolute Gasteiger partial charge is 0.232 e. The van der Waals surface area contributed by atoms with E-state index >= 15 is 0 Å². The quantitative estimate of drug-likeness (QED) is 0.445. The molecule has 0 amide bonds. The van der Waals surface area contributed by atoms with Crippen molar-refractivity contribution in [2.45, 2.75) is 20.5 Å². The lowest BCUT2D eigenvalue weighted by molar-refractivity contribution is 0.101. The topological polar surface area (TPSA) is 63.2 Å². The fourth-order valence-corrected chi connectivity index (χ4v) is 3.75. The maximum absolute atomic E-state index is 13.1. The highest BCUT2D eigenvalue weighted by molar-refractivity contribution is 6.15. The van der Waals surface area contributed by atoms with Gasteiger partial charge in [0.2, 0.25) is 11.5 Å². The molecule has 0 atom stereocenters. The molecule has 1 aliphatic heterocycles. The molecule has 0 saturated carbocycles. The van der Waals surface area contributed by atoms with Gasteiger partial charge in [-0.05, 0) is 54.8 Å². The van der Waals surface area contributed by atoms with Gasteiger partial charge < -0.3 is 23.7 Å². The van der Waals surface area contributed by atoms with Crippen molar-refractivity contribution in [2.75, 3.05) is 21.3 Å². The number of fused-ring (bicyclic) bond motifs is 1. The van der Waals surface area contributed by atoms with Gasteiger partial charge in [-0.15, -0.1) is 0 Å². The van der Waals surface area contributed by atoms with Crippen LogP contribution in [0, 0.1) is 13.8 Å². The number of carbonyl (C=O) groups is 1. The van der Waals surface area contributed by atoms with Crippen molar-refractivity contribution in [2.24, 2.45) is 0 Å². The van der Waals surface area contributed by atoms with Crippen molar-refractivity contribution in [3.63, 3.8) is 0 Å². The zero-order chi connectivity index (χ0) is 23.5. The molecule has 0 N–H and O–H groups in total. The summed E-state index contributed by atoms with van der Waals surface area (Å²) in [5, 5.41) is 0. The number of allylic oxidation sites excluding steroid dienone is 1. The Morgan fingerprint density at radius 1 is 0.879 bits per heavy atom. The van der Waals surface area contributed by atoms with Crippen LogP contribution in [-0.4, -0.2) is 27.1 Å². The van der Waals surface area contributed by atoms with Gasteiger partial charge in [-0.2, -0.15) is 0 Å². The number of benzene rings is 3. The lowest BCUT2D eigenvalue weighted by Crippen LogP contribution is -2.01. The first-order chi connectivity index (χ1) is 15.9. The van der Waals surface area contributed by atoms with Gasteiger partial charge in [-0.25, -0.2) is 0 Å². The zero-order valence-corrected chi connectivity index (χ0v) is 19.4. The Bertz CT molecular complexity index is 1200. The maximum Gasteiger partial charge on any atom is 0.232 e. The van der Waals surface area contributed by atoms with Crippen LogP contribution in [0.25, 0.3) is 6.08 Å². The minimum atomic E-state index is -0.179. The molecule has 3 aromatic carbocycles. The van der Waals surface area contributed by atoms with E-state index in [-0.39, 0.29) is 11.5 Å². The highest BCUT2D eigenvalue weighted by atomic mass is 16.5. The predicted octanol–water partition coefficient (Wildman–Crippen LogP) is 5.52. The van der Waals surface area contributed by atoms with Crippen molar-refractivity contribution in [1.82, 2.24) is 0 Å². The van der Waals surface area contributed by atoms with Crippen molar-refractivity contribution >= 4 is 11.9 Å². The van der Waals surface area contributed by atoms with E-state index in [1.807, 2.05) is 32.0 Å². The summed E-state index contributed by atoms with van der Waals surface area (Å²) in [6.07, 6.45) is 1.67. The molecule has 6 heteroatoms. The molecule has 0 saturated heterocycles. The Kier molecular flexibility index (Phi) is 6.27. The highest BCUT2D eigenvalue weighted by Gasteiger charge is 2.30. The van der Waals surface area contributed by atoms with Crippen LogP contribution in [0.2, 0.25) is 0 Å². The second-order valence-electron chi connectivity index (χ2n) is 7.79. The first kappa shape index (κ1) is 22.3. The minimum absolute atomic E-state index is 0.179. The Labute approximate surface area is 193 Å². The molecular formula is C27H26O6. The number of aryl methyl sites for hydroxylation is 2. The maximum atomic E-state index is 13.1. The SMILES string of the molecule is COc1cc(/C=C2\Oc3cc(OCc4ccc(C)cc4)cc(C)c3C2=O)cc(OC)c1OC. The van der Waals surface area contributed by atoms with Crippen LogP contribution < -0.4 is 23.7 Å². The number of carbonyl (C=O) groups excluding carboxylic acids is 1. The molecule has 0 fully saturated rings. The van der Waals surface area contributed by atoms with Gasteiger partial charge in [0.1, 0.15) is 18.1 Å². The summed E-state index contributed by atoms with van der Waals surface area (Å²) < 4.78 is 28.1. The Morgan fingerprint density at radius 3 is 2.15 bits per heavy atom. The van der Waals surface area contributed by atoms with E-state index in [9.17, 15) is 4.79 Å². The van der Waals surface area contributed by atoms with Crippen LogP contribution in [0.4, 0.5) is 0 Å². The predicted molar refractivity (Wildman–Crippen MR) is 126 cm³/mol. The van der Waals surface area contributed by atoms with Gasteiger partial charge in [-0.3, -0.25) is 4.79 Å². The van der Waals surface area contributed by atoms with Crippen molar-refractivity contribution in [3.8, 4) is 28.7 Å². The third-order valence-electron chi connectivity index (χ3n) is 5.45. The minimum Gasteiger partial charge on any atom is -0.493 e. The molecule has 6 nitrogen and oxygen atoms in total. The number of Topliss-reactive ketones (excluding diaryl/α,β-unsaturated/α-hetero) is 1. The average Bonchev–Trinajstić information content (AvgIpc) is 3.13. The van der Waals surface area contributed by atoms with E-state index in [1.54, 1.807) is 45.6 Å². The second-order valence-corrected chi connectivity index (χ2v) is 7.79. The fourth-order valence-electron chi connectivity index (χ4n) is 3.75. The molecule has 0 unspecified atom stereocenters. The molecule has 0 bridgehead atoms. The van der Waals surface area contributed by atoms with Crippen molar-refractivity contribution in [1.29, 1.82) is 0 Å². The van der Waals surface area contributed by atoms with Gasteiger partial charge in [0, 0.05) is 6.07 Å². The molecule has 3 aromatic rings. The molecule has 1 aliphatic rings. The molecule has 0 spiro atoms. The molecule has 0 aliphatic carbocycles. The summed E-state index contributed by atoms with van der Waals surface area (Å²) in [4.78, 5) is 13.1. The summed E-state index contributed by atoms with van der Waals surface area (Å²) in [6.45, 7) is 4.36. The third-order valence-corrected chi connectivity index (χ3v) is 5.45. The first-order valence-corrected chi connectivity index (χ1v) is 10.5. The Morgan fingerprint density at radius 2 is 1.55 bits per heavy atom. The summed E-state index contributed by atoms with van der Waals surface area (Å²) in [6, 6.07) is 15.3. The molecule has 170 valence electrons. The molecular weight excluding hydrogens is 420 g/mol. The van der Waals surface area contributed by atoms with Crippen molar-refractivity contribution in [3.05, 3.63) is 82.1 Å². The standard InChI is InChI=1S/C27H26O6/c1-16-6-8-18(9-7-16)15-32-20-10-17(2)25-21(14-20)33-22(26(25)28)11-19-12-23(29-3)27(31-5)24(13-19)30-4/h6-14H,15H2,1-5H3/b22-11-. The molecule has 4 rings (SSSR count). The van der Waals surface area contributed by atoms with E-state index in [1.165, 1.54) is 5.56 Å².